The molecule has 2 N–H and O–H groups in total. The molecular formula is C46H51F2N11O6. The van der Waals surface area contributed by atoms with Crippen molar-refractivity contribution in [3.05, 3.63) is 70.2 Å². The molecule has 1 aromatic carbocycles. The summed E-state index contributed by atoms with van der Waals surface area (Å²) in [5, 5.41) is 13.7. The van der Waals surface area contributed by atoms with Gasteiger partial charge in [0.05, 0.1) is 59.4 Å². The number of imidazole rings is 1. The standard InChI is InChI=1S/C46H51F2N11O6/c1-54-41-27(4-2-6-36(41)59(46(54)63)37-13-14-39(60)52-45(37)62)5-3-17-64-32-18-29-11-12-30(19-32)55(29)22-26-7-9-28(10-8-26)58-24-35(40(53-58)42(47)48)50-44(61)34-21-49-57-16-15-38(51-43(34)57)56-23-33-20-31(56)25-65-33/h2,4,6,15-16,21,24,26,28-33,37,42H,7-14,17-20,22-23,25H2,1H3,(H,50,61)(H,52,60,62)/t26?,28?,29-,30+,31-,32?,33-,37?/m1/s1. The fourth-order valence-corrected chi connectivity index (χ4v) is 11.5. The molecule has 6 atom stereocenters. The molecule has 1 aliphatic carbocycles. The Balaban J connectivity index is 0.683. The van der Waals surface area contributed by atoms with Crippen LogP contribution in [0, 0.1) is 17.8 Å². The number of rotatable bonds is 10. The van der Waals surface area contributed by atoms with E-state index >= 15 is 0 Å². The van der Waals surface area contributed by atoms with Gasteiger partial charge in [0.2, 0.25) is 11.8 Å². The summed E-state index contributed by atoms with van der Waals surface area (Å²) in [6.45, 7) is 2.64. The Morgan fingerprint density at radius 3 is 2.55 bits per heavy atom. The molecule has 340 valence electrons. The highest BCUT2D eigenvalue weighted by Crippen LogP contribution is 2.41. The molecule has 11 rings (SSSR count). The van der Waals surface area contributed by atoms with Crippen LogP contribution >= 0.6 is 0 Å². The number of imide groups is 1. The second-order valence-electron chi connectivity index (χ2n) is 18.6. The van der Waals surface area contributed by atoms with Gasteiger partial charge in [-0.05, 0) is 88.3 Å². The molecule has 6 fully saturated rings. The Kier molecular flexibility index (Phi) is 10.8. The number of carbonyl (C=O) groups excluding carboxylic acids is 3. The molecule has 4 bridgehead atoms. The molecule has 3 amide bonds. The molecule has 65 heavy (non-hydrogen) atoms. The van der Waals surface area contributed by atoms with Crippen LogP contribution in [0.3, 0.4) is 0 Å². The van der Waals surface area contributed by atoms with E-state index < -0.39 is 30.0 Å². The molecule has 9 heterocycles. The van der Waals surface area contributed by atoms with Crippen LogP contribution in [0.1, 0.15) is 111 Å². The van der Waals surface area contributed by atoms with E-state index in [0.717, 1.165) is 76.7 Å². The van der Waals surface area contributed by atoms with E-state index in [1.54, 1.807) is 30.2 Å². The number of morpholine rings is 1. The molecule has 6 aliphatic rings. The van der Waals surface area contributed by atoms with Gasteiger partial charge in [-0.15, -0.1) is 0 Å². The number of carbonyl (C=O) groups is 3. The Morgan fingerprint density at radius 2 is 1.82 bits per heavy atom. The third kappa shape index (κ3) is 7.68. The number of halogens is 2. The van der Waals surface area contributed by atoms with Gasteiger partial charge in [0.25, 0.3) is 12.3 Å². The molecule has 1 saturated carbocycles. The summed E-state index contributed by atoms with van der Waals surface area (Å²) < 4.78 is 46.9. The maximum atomic E-state index is 14.4. The number of hydrogen-bond acceptors (Lipinski definition) is 11. The molecule has 2 unspecified atom stereocenters. The monoisotopic (exact) mass is 891 g/mol. The summed E-state index contributed by atoms with van der Waals surface area (Å²) in [6.07, 6.45) is 11.2. The molecule has 17 nitrogen and oxygen atoms in total. The van der Waals surface area contributed by atoms with Crippen molar-refractivity contribution in [2.24, 2.45) is 13.0 Å². The number of amides is 3. The summed E-state index contributed by atoms with van der Waals surface area (Å²) in [5.41, 5.74) is 1.67. The van der Waals surface area contributed by atoms with Gasteiger partial charge in [0.1, 0.15) is 24.0 Å². The van der Waals surface area contributed by atoms with Crippen LogP contribution in [0.2, 0.25) is 0 Å². The first-order valence-electron chi connectivity index (χ1n) is 22.9. The quantitative estimate of drug-likeness (QED) is 0.149. The summed E-state index contributed by atoms with van der Waals surface area (Å²) in [4.78, 5) is 60.9. The highest BCUT2D eigenvalue weighted by molar-refractivity contribution is 6.08. The normalized spacial score (nSPS) is 27.8. The summed E-state index contributed by atoms with van der Waals surface area (Å²) >= 11 is 0. The second-order valence-corrected chi connectivity index (χ2v) is 18.6. The Bertz CT molecular complexity index is 2800. The van der Waals surface area contributed by atoms with Crippen LogP contribution in [-0.4, -0.2) is 113 Å². The fourth-order valence-electron chi connectivity index (χ4n) is 11.5. The average molecular weight is 892 g/mol. The lowest BCUT2D eigenvalue weighted by atomic mass is 9.85. The third-order valence-electron chi connectivity index (χ3n) is 14.7. The lowest BCUT2D eigenvalue weighted by Crippen LogP contribution is -2.47. The summed E-state index contributed by atoms with van der Waals surface area (Å²) in [6, 6.07) is 7.64. The highest BCUT2D eigenvalue weighted by atomic mass is 19.3. The largest absolute Gasteiger partial charge is 0.374 e. The van der Waals surface area contributed by atoms with E-state index in [0.29, 0.717) is 46.9 Å². The maximum Gasteiger partial charge on any atom is 0.329 e. The van der Waals surface area contributed by atoms with Crippen molar-refractivity contribution in [2.75, 3.05) is 36.5 Å². The molecule has 0 radical (unpaired) electrons. The van der Waals surface area contributed by atoms with E-state index in [1.807, 2.05) is 18.2 Å². The topological polar surface area (TPSA) is 175 Å². The summed E-state index contributed by atoms with van der Waals surface area (Å²) in [5.74, 6) is 6.22. The van der Waals surface area contributed by atoms with E-state index in [2.05, 4.69) is 42.5 Å². The van der Waals surface area contributed by atoms with Gasteiger partial charge in [0, 0.05) is 51.0 Å². The SMILES string of the molecule is Cn1c(=O)n(C2CCC(=O)NC2=O)c2cccc(C#CCOC3C[C@H]4CC[C@@H](C3)N4CC3CCC(n4cc(NC(=O)c5cnn6ccc(N7C[C@H]8C[C@@H]7CO8)nc56)c(C(F)F)n4)CC3)c21. The second kappa shape index (κ2) is 16.8. The van der Waals surface area contributed by atoms with Crippen molar-refractivity contribution in [3.63, 3.8) is 0 Å². The van der Waals surface area contributed by atoms with E-state index in [4.69, 9.17) is 14.5 Å². The highest BCUT2D eigenvalue weighted by Gasteiger charge is 2.43. The van der Waals surface area contributed by atoms with Gasteiger partial charge >= 0.3 is 5.69 Å². The lowest BCUT2D eigenvalue weighted by molar-refractivity contribution is -0.135. The van der Waals surface area contributed by atoms with Crippen LogP contribution in [0.15, 0.2) is 47.7 Å². The molecular weight excluding hydrogens is 841 g/mol. The van der Waals surface area contributed by atoms with E-state index in [9.17, 15) is 28.0 Å². The minimum absolute atomic E-state index is 0.00434. The Morgan fingerprint density at radius 1 is 1.02 bits per heavy atom. The van der Waals surface area contributed by atoms with Crippen molar-refractivity contribution in [3.8, 4) is 11.8 Å². The maximum absolute atomic E-state index is 14.4. The number of aromatic nitrogens is 7. The molecule has 5 aromatic rings. The van der Waals surface area contributed by atoms with Crippen LogP contribution in [0.25, 0.3) is 16.7 Å². The minimum atomic E-state index is -2.86. The predicted molar refractivity (Wildman–Crippen MR) is 233 cm³/mol. The van der Waals surface area contributed by atoms with E-state index in [1.165, 1.54) is 19.8 Å². The number of nitrogens with one attached hydrogen (secondary N) is 2. The minimum Gasteiger partial charge on any atom is -0.374 e. The van der Waals surface area contributed by atoms with Crippen molar-refractivity contribution in [1.82, 2.24) is 43.7 Å². The molecule has 0 spiro atoms. The smallest absolute Gasteiger partial charge is 0.329 e. The number of fused-ring (bicyclic) bond motifs is 6. The summed E-state index contributed by atoms with van der Waals surface area (Å²) in [7, 11) is 1.67. The number of alkyl halides is 2. The Labute approximate surface area is 372 Å². The molecule has 4 aromatic heterocycles. The first-order chi connectivity index (χ1) is 31.6. The average Bonchev–Trinajstić information content (AvgIpc) is 4.17. The number of anilines is 2. The van der Waals surface area contributed by atoms with Crippen LogP contribution in [-0.2, 0) is 26.1 Å². The lowest BCUT2D eigenvalue weighted by Gasteiger charge is -2.41. The van der Waals surface area contributed by atoms with Crippen molar-refractivity contribution in [2.45, 2.75) is 119 Å². The zero-order valence-electron chi connectivity index (χ0n) is 36.1. The molecule has 5 saturated heterocycles. The number of para-hydroxylation sites is 1. The van der Waals surface area contributed by atoms with Crippen molar-refractivity contribution >= 4 is 45.9 Å². The number of nitrogens with zero attached hydrogens (tertiary/aromatic N) is 9. The number of hydrogen-bond donors (Lipinski definition) is 2. The van der Waals surface area contributed by atoms with Gasteiger partial charge in [-0.3, -0.25) is 38.4 Å². The number of ether oxygens (including phenoxy) is 2. The first-order valence-corrected chi connectivity index (χ1v) is 22.9. The third-order valence-corrected chi connectivity index (χ3v) is 14.7. The van der Waals surface area contributed by atoms with E-state index in [-0.39, 0.29) is 66.6 Å². The molecule has 19 heteroatoms. The number of piperidine rings is 2. The van der Waals surface area contributed by atoms with Gasteiger partial charge in [0.15, 0.2) is 11.3 Å². The first kappa shape index (κ1) is 41.7. The zero-order chi connectivity index (χ0) is 44.5. The van der Waals surface area contributed by atoms with Crippen LogP contribution < -0.4 is 21.2 Å². The van der Waals surface area contributed by atoms with Gasteiger partial charge in [-0.1, -0.05) is 17.9 Å². The molecule has 5 aliphatic heterocycles. The van der Waals surface area contributed by atoms with Gasteiger partial charge in [-0.2, -0.15) is 10.2 Å². The fraction of sp³-hybridized carbons (Fsp3) is 0.543. The number of aryl methyl sites for hydroxylation is 1. The van der Waals surface area contributed by atoms with Gasteiger partial charge in [-0.25, -0.2) is 23.1 Å². The zero-order valence-corrected chi connectivity index (χ0v) is 36.1. The van der Waals surface area contributed by atoms with Gasteiger partial charge < -0.3 is 19.7 Å². The van der Waals surface area contributed by atoms with Crippen molar-refractivity contribution in [1.29, 1.82) is 0 Å². The number of benzene rings is 1. The van der Waals surface area contributed by atoms with Crippen LogP contribution in [0.4, 0.5) is 20.3 Å². The van der Waals surface area contributed by atoms with Crippen LogP contribution in [0.5, 0.6) is 0 Å². The Hall–Kier alpha value is -5.97. The predicted octanol–water partition coefficient (Wildman–Crippen LogP) is 4.52. The van der Waals surface area contributed by atoms with Crippen molar-refractivity contribution < 1.29 is 32.6 Å².